The van der Waals surface area contributed by atoms with E-state index in [2.05, 4.69) is 35.0 Å². The van der Waals surface area contributed by atoms with Crippen molar-refractivity contribution in [2.45, 2.75) is 39.7 Å². The van der Waals surface area contributed by atoms with Gasteiger partial charge in [0.1, 0.15) is 0 Å². The number of guanidine groups is 1. The molecule has 1 aromatic carbocycles. The monoisotopic (exact) mass is 231 g/mol. The summed E-state index contributed by atoms with van der Waals surface area (Å²) in [6, 6.07) is 6.79. The van der Waals surface area contributed by atoms with Crippen molar-refractivity contribution in [3.8, 4) is 0 Å². The maximum atomic E-state index is 6.08. The number of anilines is 1. The van der Waals surface area contributed by atoms with E-state index >= 15 is 0 Å². The first-order valence-corrected chi connectivity index (χ1v) is 6.28. The summed E-state index contributed by atoms with van der Waals surface area (Å²) in [4.78, 5) is 6.58. The van der Waals surface area contributed by atoms with Gasteiger partial charge in [0.05, 0.1) is 0 Å². The van der Waals surface area contributed by atoms with Gasteiger partial charge in [-0.15, -0.1) is 0 Å². The molecular formula is C14H21N3. The number of aliphatic imine (C=N–C) groups is 1. The van der Waals surface area contributed by atoms with Crippen molar-refractivity contribution in [3.05, 3.63) is 29.3 Å². The van der Waals surface area contributed by atoms with Gasteiger partial charge in [0.15, 0.2) is 5.96 Å². The predicted molar refractivity (Wildman–Crippen MR) is 73.6 cm³/mol. The van der Waals surface area contributed by atoms with Gasteiger partial charge in [-0.25, -0.2) is 0 Å². The molecule has 0 aliphatic carbocycles. The Balaban J connectivity index is 2.35. The van der Waals surface area contributed by atoms with Crippen LogP contribution in [-0.4, -0.2) is 18.5 Å². The van der Waals surface area contributed by atoms with Crippen molar-refractivity contribution < 1.29 is 0 Å². The Morgan fingerprint density at radius 3 is 2.88 bits per heavy atom. The molecule has 1 aromatic rings. The lowest BCUT2D eigenvalue weighted by molar-refractivity contribution is 0.760. The van der Waals surface area contributed by atoms with Crippen LogP contribution in [0.3, 0.4) is 0 Å². The number of benzene rings is 1. The maximum Gasteiger partial charge on any atom is 0.196 e. The molecule has 2 rings (SSSR count). The fraction of sp³-hybridized carbons (Fsp3) is 0.500. The van der Waals surface area contributed by atoms with Crippen molar-refractivity contribution in [3.63, 3.8) is 0 Å². The van der Waals surface area contributed by atoms with E-state index in [1.54, 1.807) is 0 Å². The predicted octanol–water partition coefficient (Wildman–Crippen LogP) is 2.47. The van der Waals surface area contributed by atoms with E-state index in [9.17, 15) is 0 Å². The number of rotatable bonds is 1. The summed E-state index contributed by atoms with van der Waals surface area (Å²) in [7, 11) is 0. The molecule has 0 unspecified atom stereocenters. The number of aryl methyl sites for hydroxylation is 2. The summed E-state index contributed by atoms with van der Waals surface area (Å²) in [5, 5.41) is 0. The summed E-state index contributed by atoms with van der Waals surface area (Å²) in [6.45, 7) is 7.20. The van der Waals surface area contributed by atoms with Crippen molar-refractivity contribution in [2.24, 2.45) is 10.7 Å². The molecule has 3 nitrogen and oxygen atoms in total. The molecular weight excluding hydrogens is 210 g/mol. The number of nitrogens with two attached hydrogens (primary N) is 1. The van der Waals surface area contributed by atoms with Gasteiger partial charge in [-0.1, -0.05) is 17.7 Å². The molecule has 0 fully saturated rings. The highest BCUT2D eigenvalue weighted by molar-refractivity contribution is 5.96. The minimum Gasteiger partial charge on any atom is -0.370 e. The first kappa shape index (κ1) is 12.0. The number of hydrogen-bond acceptors (Lipinski definition) is 1. The van der Waals surface area contributed by atoms with Crippen LogP contribution in [0.1, 0.15) is 31.4 Å². The smallest absolute Gasteiger partial charge is 0.196 e. The molecule has 1 heterocycles. The fourth-order valence-electron chi connectivity index (χ4n) is 2.30. The van der Waals surface area contributed by atoms with Crippen molar-refractivity contribution in [1.29, 1.82) is 0 Å². The molecule has 92 valence electrons. The van der Waals surface area contributed by atoms with Gasteiger partial charge < -0.3 is 10.6 Å². The van der Waals surface area contributed by atoms with Crippen LogP contribution in [0.15, 0.2) is 23.2 Å². The van der Waals surface area contributed by atoms with E-state index in [0.717, 1.165) is 19.4 Å². The summed E-state index contributed by atoms with van der Waals surface area (Å²) in [5.74, 6) is 0.643. The van der Waals surface area contributed by atoms with Gasteiger partial charge in [-0.3, -0.25) is 4.99 Å². The van der Waals surface area contributed by atoms with E-state index < -0.39 is 0 Å². The quantitative estimate of drug-likeness (QED) is 0.596. The van der Waals surface area contributed by atoms with Crippen LogP contribution in [0, 0.1) is 6.92 Å². The van der Waals surface area contributed by atoms with Gasteiger partial charge in [0.25, 0.3) is 0 Å². The molecule has 17 heavy (non-hydrogen) atoms. The zero-order chi connectivity index (χ0) is 12.4. The summed E-state index contributed by atoms with van der Waals surface area (Å²) < 4.78 is 0. The van der Waals surface area contributed by atoms with Gasteiger partial charge >= 0.3 is 0 Å². The Bertz CT molecular complexity index is 435. The minimum atomic E-state index is 0.242. The van der Waals surface area contributed by atoms with Crippen molar-refractivity contribution >= 4 is 11.6 Å². The van der Waals surface area contributed by atoms with Crippen molar-refractivity contribution in [1.82, 2.24) is 0 Å². The Labute approximate surface area is 103 Å². The third kappa shape index (κ3) is 2.60. The second kappa shape index (κ2) is 4.78. The molecule has 0 atom stereocenters. The molecule has 1 aliphatic rings. The van der Waals surface area contributed by atoms with Crippen LogP contribution < -0.4 is 10.6 Å². The average Bonchev–Trinajstić information content (AvgIpc) is 2.26. The molecule has 0 bridgehead atoms. The van der Waals surface area contributed by atoms with E-state index in [1.165, 1.54) is 16.8 Å². The van der Waals surface area contributed by atoms with Crippen LogP contribution >= 0.6 is 0 Å². The van der Waals surface area contributed by atoms with Crippen LogP contribution in [0.25, 0.3) is 0 Å². The normalized spacial score (nSPS) is 16.2. The standard InChI is InChI=1S/C14H21N3/c1-10(2)16-14(15)17-8-4-5-12-9-11(3)6-7-13(12)17/h6-7,9-10H,4-5,8H2,1-3H3,(H2,15,16). The average molecular weight is 231 g/mol. The van der Waals surface area contributed by atoms with Gasteiger partial charge in [0, 0.05) is 18.3 Å². The van der Waals surface area contributed by atoms with E-state index in [1.807, 2.05) is 13.8 Å². The second-order valence-corrected chi connectivity index (χ2v) is 4.97. The zero-order valence-corrected chi connectivity index (χ0v) is 10.9. The number of fused-ring (bicyclic) bond motifs is 1. The molecule has 3 heteroatoms. The number of hydrogen-bond donors (Lipinski definition) is 1. The molecule has 0 radical (unpaired) electrons. The lowest BCUT2D eigenvalue weighted by Gasteiger charge is -2.30. The molecule has 0 saturated heterocycles. The molecule has 2 N–H and O–H groups in total. The van der Waals surface area contributed by atoms with E-state index in [-0.39, 0.29) is 6.04 Å². The van der Waals surface area contributed by atoms with Crippen LogP contribution in [-0.2, 0) is 6.42 Å². The summed E-state index contributed by atoms with van der Waals surface area (Å²) >= 11 is 0. The van der Waals surface area contributed by atoms with Gasteiger partial charge in [0.2, 0.25) is 0 Å². The SMILES string of the molecule is Cc1ccc2c(c1)CCCN2C(N)=NC(C)C. The molecule has 1 aliphatic heterocycles. The third-order valence-electron chi connectivity index (χ3n) is 3.02. The first-order valence-electron chi connectivity index (χ1n) is 6.28. The van der Waals surface area contributed by atoms with Gasteiger partial charge in [-0.05, 0) is 45.2 Å². The highest BCUT2D eigenvalue weighted by Gasteiger charge is 2.19. The third-order valence-corrected chi connectivity index (χ3v) is 3.02. The highest BCUT2D eigenvalue weighted by Crippen LogP contribution is 2.27. The van der Waals surface area contributed by atoms with Crippen LogP contribution in [0.4, 0.5) is 5.69 Å². The largest absolute Gasteiger partial charge is 0.370 e. The molecule has 0 aromatic heterocycles. The van der Waals surface area contributed by atoms with E-state index in [0.29, 0.717) is 5.96 Å². The minimum absolute atomic E-state index is 0.242. The maximum absolute atomic E-state index is 6.08. The summed E-state index contributed by atoms with van der Waals surface area (Å²) in [6.07, 6.45) is 2.28. The zero-order valence-electron chi connectivity index (χ0n) is 10.9. The van der Waals surface area contributed by atoms with Gasteiger partial charge in [-0.2, -0.15) is 0 Å². The molecule has 0 saturated carbocycles. The fourth-order valence-corrected chi connectivity index (χ4v) is 2.30. The van der Waals surface area contributed by atoms with Crippen LogP contribution in [0.2, 0.25) is 0 Å². The second-order valence-electron chi connectivity index (χ2n) is 4.97. The Hall–Kier alpha value is -1.51. The van der Waals surface area contributed by atoms with Crippen molar-refractivity contribution in [2.75, 3.05) is 11.4 Å². The number of nitrogens with zero attached hydrogens (tertiary/aromatic N) is 2. The molecule has 0 spiro atoms. The highest BCUT2D eigenvalue weighted by atomic mass is 15.3. The lowest BCUT2D eigenvalue weighted by atomic mass is 10.00. The van der Waals surface area contributed by atoms with E-state index in [4.69, 9.17) is 5.73 Å². The Morgan fingerprint density at radius 2 is 2.18 bits per heavy atom. The van der Waals surface area contributed by atoms with Crippen LogP contribution in [0.5, 0.6) is 0 Å². The first-order chi connectivity index (χ1) is 8.08. The topological polar surface area (TPSA) is 41.6 Å². The summed E-state index contributed by atoms with van der Waals surface area (Å²) in [5.41, 5.74) is 10.0. The molecule has 0 amide bonds. The Morgan fingerprint density at radius 1 is 1.41 bits per heavy atom. The Kier molecular flexibility index (Phi) is 3.36. The lowest BCUT2D eigenvalue weighted by Crippen LogP contribution is -2.41.